The van der Waals surface area contributed by atoms with Gasteiger partial charge in [-0.15, -0.1) is 10.2 Å². The Labute approximate surface area is 176 Å². The van der Waals surface area contributed by atoms with Gasteiger partial charge in [0.2, 0.25) is 5.88 Å². The first-order valence-electron chi connectivity index (χ1n) is 9.15. The van der Waals surface area contributed by atoms with Crippen molar-refractivity contribution in [2.24, 2.45) is 5.92 Å². The molecule has 3 aromatic heterocycles. The molecule has 0 spiro atoms. The third kappa shape index (κ3) is 4.17. The summed E-state index contributed by atoms with van der Waals surface area (Å²) in [4.78, 5) is 13.1. The topological polar surface area (TPSA) is 99.7 Å². The molecule has 29 heavy (non-hydrogen) atoms. The summed E-state index contributed by atoms with van der Waals surface area (Å²) in [7, 11) is 0. The largest absolute Gasteiger partial charge is 0.476 e. The highest BCUT2D eigenvalue weighted by Gasteiger charge is 2.15. The van der Waals surface area contributed by atoms with Crippen molar-refractivity contribution in [1.29, 1.82) is 0 Å². The predicted molar refractivity (Wildman–Crippen MR) is 116 cm³/mol. The summed E-state index contributed by atoms with van der Waals surface area (Å²) in [5, 5.41) is 9.16. The summed E-state index contributed by atoms with van der Waals surface area (Å²) in [5.74, 6) is 1.28. The maximum atomic E-state index is 6.15. The van der Waals surface area contributed by atoms with Gasteiger partial charge in [0.25, 0.3) is 0 Å². The molecule has 146 valence electrons. The zero-order valence-corrected chi connectivity index (χ0v) is 17.6. The molecule has 0 atom stereocenters. The van der Waals surface area contributed by atoms with Gasteiger partial charge in [0.1, 0.15) is 17.8 Å². The molecule has 1 aromatic carbocycles. The molecular formula is C21H19BrN6O. The van der Waals surface area contributed by atoms with Crippen molar-refractivity contribution in [3.63, 3.8) is 0 Å². The Morgan fingerprint density at radius 1 is 1.03 bits per heavy atom. The van der Waals surface area contributed by atoms with Gasteiger partial charge in [-0.05, 0) is 41.3 Å². The second-order valence-corrected chi connectivity index (χ2v) is 7.90. The molecular weight excluding hydrogens is 432 g/mol. The van der Waals surface area contributed by atoms with Crippen LogP contribution in [0.3, 0.4) is 0 Å². The Hall–Kier alpha value is -3.13. The van der Waals surface area contributed by atoms with Crippen LogP contribution in [-0.4, -0.2) is 31.8 Å². The number of nitrogens with two attached hydrogens (primary N) is 1. The molecule has 0 radical (unpaired) electrons. The molecule has 0 saturated heterocycles. The Morgan fingerprint density at radius 2 is 1.90 bits per heavy atom. The van der Waals surface area contributed by atoms with E-state index in [4.69, 9.17) is 10.5 Å². The van der Waals surface area contributed by atoms with Crippen LogP contribution in [0, 0.1) is 5.92 Å². The van der Waals surface area contributed by atoms with E-state index in [0.29, 0.717) is 46.6 Å². The normalized spacial score (nSPS) is 11.2. The van der Waals surface area contributed by atoms with Gasteiger partial charge in [-0.2, -0.15) is 0 Å². The maximum Gasteiger partial charge on any atom is 0.233 e. The van der Waals surface area contributed by atoms with E-state index in [-0.39, 0.29) is 0 Å². The molecule has 8 heteroatoms. The van der Waals surface area contributed by atoms with Crippen LogP contribution in [0.4, 0.5) is 5.82 Å². The Kier molecular flexibility index (Phi) is 5.35. The van der Waals surface area contributed by atoms with Crippen molar-refractivity contribution in [2.75, 3.05) is 12.3 Å². The van der Waals surface area contributed by atoms with Gasteiger partial charge in [-0.3, -0.25) is 0 Å². The summed E-state index contributed by atoms with van der Waals surface area (Å²) in [6.45, 7) is 4.75. The monoisotopic (exact) mass is 450 g/mol. The highest BCUT2D eigenvalue weighted by Crippen LogP contribution is 2.34. The Balaban J connectivity index is 1.82. The quantitative estimate of drug-likeness (QED) is 0.476. The molecule has 0 amide bonds. The fourth-order valence-corrected chi connectivity index (χ4v) is 3.29. The minimum absolute atomic E-state index is 0.382. The van der Waals surface area contributed by atoms with Gasteiger partial charge in [0, 0.05) is 10.5 Å². The average Bonchev–Trinajstić information content (AvgIpc) is 2.72. The van der Waals surface area contributed by atoms with Crippen LogP contribution >= 0.6 is 15.9 Å². The van der Waals surface area contributed by atoms with Gasteiger partial charge >= 0.3 is 0 Å². The molecule has 0 fully saturated rings. The molecule has 0 unspecified atom stereocenters. The predicted octanol–water partition coefficient (Wildman–Crippen LogP) is 4.53. The van der Waals surface area contributed by atoms with Crippen molar-refractivity contribution in [2.45, 2.75) is 13.8 Å². The minimum atomic E-state index is 0.382. The number of anilines is 1. The first kappa shape index (κ1) is 19.2. The van der Waals surface area contributed by atoms with E-state index < -0.39 is 0 Å². The van der Waals surface area contributed by atoms with Gasteiger partial charge in [-0.1, -0.05) is 41.9 Å². The third-order valence-corrected chi connectivity index (χ3v) is 4.73. The number of hydrogen-bond donors (Lipinski definition) is 1. The van der Waals surface area contributed by atoms with Crippen LogP contribution < -0.4 is 10.5 Å². The second kappa shape index (κ2) is 8.08. The Bertz CT molecular complexity index is 1160. The molecule has 4 rings (SSSR count). The van der Waals surface area contributed by atoms with E-state index >= 15 is 0 Å². The van der Waals surface area contributed by atoms with Crippen molar-refractivity contribution in [3.05, 3.63) is 53.3 Å². The first-order chi connectivity index (χ1) is 14.0. The van der Waals surface area contributed by atoms with Crippen molar-refractivity contribution >= 4 is 32.8 Å². The van der Waals surface area contributed by atoms with E-state index in [1.54, 1.807) is 6.07 Å². The highest BCUT2D eigenvalue weighted by atomic mass is 79.9. The van der Waals surface area contributed by atoms with Crippen LogP contribution in [0.15, 0.2) is 53.3 Å². The van der Waals surface area contributed by atoms with Gasteiger partial charge < -0.3 is 10.5 Å². The molecule has 0 aliphatic heterocycles. The average molecular weight is 451 g/mol. The third-order valence-electron chi connectivity index (χ3n) is 4.24. The van der Waals surface area contributed by atoms with E-state index in [2.05, 4.69) is 54.9 Å². The van der Waals surface area contributed by atoms with E-state index in [1.807, 2.05) is 36.4 Å². The van der Waals surface area contributed by atoms with E-state index in [1.165, 1.54) is 6.33 Å². The number of nitrogens with zero attached hydrogens (tertiary/aromatic N) is 5. The fourth-order valence-electron chi connectivity index (χ4n) is 2.89. The number of rotatable bonds is 5. The van der Waals surface area contributed by atoms with Gasteiger partial charge in [0.05, 0.1) is 17.7 Å². The van der Waals surface area contributed by atoms with Gasteiger partial charge in [-0.25, -0.2) is 15.0 Å². The second-order valence-electron chi connectivity index (χ2n) is 6.98. The molecule has 3 heterocycles. The van der Waals surface area contributed by atoms with Crippen LogP contribution in [0.25, 0.3) is 33.5 Å². The van der Waals surface area contributed by atoms with Crippen molar-refractivity contribution < 1.29 is 4.74 Å². The lowest BCUT2D eigenvalue weighted by molar-refractivity contribution is 0.258. The number of nitrogen functional groups attached to an aromatic ring is 1. The minimum Gasteiger partial charge on any atom is -0.476 e. The maximum absolute atomic E-state index is 6.15. The van der Waals surface area contributed by atoms with Crippen LogP contribution in [-0.2, 0) is 0 Å². The summed E-state index contributed by atoms with van der Waals surface area (Å²) in [6.07, 6.45) is 1.41. The number of fused-ring (bicyclic) bond motifs is 1. The Morgan fingerprint density at radius 3 is 2.62 bits per heavy atom. The summed E-state index contributed by atoms with van der Waals surface area (Å²) in [5.41, 5.74) is 9.78. The number of aromatic nitrogens is 5. The SMILES string of the molecule is CC(C)COc1ccc(-c2cc(-c3cccc(Br)c3)c3c(N)ncnc3n2)nn1. The molecule has 0 aliphatic rings. The molecule has 2 N–H and O–H groups in total. The van der Waals surface area contributed by atoms with Gasteiger partial charge in [0.15, 0.2) is 5.65 Å². The van der Waals surface area contributed by atoms with E-state index in [9.17, 15) is 0 Å². The fraction of sp³-hybridized carbons (Fsp3) is 0.190. The molecule has 0 aliphatic carbocycles. The summed E-state index contributed by atoms with van der Waals surface area (Å²) >= 11 is 3.52. The zero-order chi connectivity index (χ0) is 20.4. The highest BCUT2D eigenvalue weighted by molar-refractivity contribution is 9.10. The first-order valence-corrected chi connectivity index (χ1v) is 9.94. The van der Waals surface area contributed by atoms with Crippen LogP contribution in [0.5, 0.6) is 5.88 Å². The number of halogens is 1. The van der Waals surface area contributed by atoms with Crippen LogP contribution in [0.2, 0.25) is 0 Å². The lowest BCUT2D eigenvalue weighted by Crippen LogP contribution is -2.06. The zero-order valence-electron chi connectivity index (χ0n) is 16.0. The lowest BCUT2D eigenvalue weighted by Gasteiger charge is -2.11. The summed E-state index contributed by atoms with van der Waals surface area (Å²) < 4.78 is 6.58. The molecule has 0 saturated carbocycles. The number of benzene rings is 1. The summed E-state index contributed by atoms with van der Waals surface area (Å²) in [6, 6.07) is 13.5. The lowest BCUT2D eigenvalue weighted by atomic mass is 10.0. The molecule has 4 aromatic rings. The number of ether oxygens (including phenoxy) is 1. The molecule has 0 bridgehead atoms. The van der Waals surface area contributed by atoms with Crippen molar-refractivity contribution in [3.8, 4) is 28.4 Å². The number of hydrogen-bond acceptors (Lipinski definition) is 7. The standard InChI is InChI=1S/C21H19BrN6O/c1-12(2)10-29-18-7-6-16(27-28-18)17-9-15(13-4-3-5-14(22)8-13)19-20(23)24-11-25-21(19)26-17/h3-9,11-12H,10H2,1-2H3,(H2,23,24,25,26). The van der Waals surface area contributed by atoms with Crippen LogP contribution in [0.1, 0.15) is 13.8 Å². The van der Waals surface area contributed by atoms with E-state index in [0.717, 1.165) is 15.6 Å². The van der Waals surface area contributed by atoms with Crippen molar-refractivity contribution in [1.82, 2.24) is 25.1 Å². The smallest absolute Gasteiger partial charge is 0.233 e. The number of pyridine rings is 1. The molecule has 7 nitrogen and oxygen atoms in total.